The minimum atomic E-state index is -0.328. The van der Waals surface area contributed by atoms with Crippen LogP contribution in [0.25, 0.3) is 0 Å². The average Bonchev–Trinajstić information content (AvgIpc) is 3.41. The summed E-state index contributed by atoms with van der Waals surface area (Å²) in [5, 5.41) is 2.86. The lowest BCUT2D eigenvalue weighted by molar-refractivity contribution is -0.142. The number of carbonyl (C=O) groups excluding carboxylic acids is 3. The molecule has 0 unspecified atom stereocenters. The van der Waals surface area contributed by atoms with Crippen molar-refractivity contribution < 1.29 is 14.4 Å². The van der Waals surface area contributed by atoms with Crippen LogP contribution in [0.5, 0.6) is 0 Å². The number of aryl methyl sites for hydroxylation is 2. The third-order valence-corrected chi connectivity index (χ3v) is 7.69. The summed E-state index contributed by atoms with van der Waals surface area (Å²) < 4.78 is 0.980. The van der Waals surface area contributed by atoms with Crippen molar-refractivity contribution in [3.63, 3.8) is 0 Å². The zero-order valence-corrected chi connectivity index (χ0v) is 16.8. The number of imide groups is 1. The van der Waals surface area contributed by atoms with Gasteiger partial charge in [-0.15, -0.1) is 0 Å². The Kier molecular flexibility index (Phi) is 3.67. The monoisotopic (exact) mass is 428 g/mol. The Morgan fingerprint density at radius 3 is 2.26 bits per heavy atom. The first kappa shape index (κ1) is 17.2. The second-order valence-electron chi connectivity index (χ2n) is 8.38. The molecule has 6 atom stereocenters. The molecule has 1 aromatic rings. The number of nitrogens with one attached hydrogen (secondary N) is 1. The number of hydrogen-bond donors (Lipinski definition) is 1. The molecule has 1 aliphatic heterocycles. The molecule has 4 aliphatic carbocycles. The van der Waals surface area contributed by atoms with E-state index in [-0.39, 0.29) is 47.9 Å². The molecule has 1 aromatic carbocycles. The molecule has 0 aromatic heterocycles. The van der Waals surface area contributed by atoms with E-state index in [1.54, 1.807) is 0 Å². The Morgan fingerprint density at radius 2 is 1.67 bits per heavy atom. The van der Waals surface area contributed by atoms with Gasteiger partial charge in [0, 0.05) is 10.2 Å². The van der Waals surface area contributed by atoms with Crippen molar-refractivity contribution >= 4 is 39.3 Å². The Hall–Kier alpha value is -1.95. The Labute approximate surface area is 166 Å². The zero-order chi connectivity index (χ0) is 19.0. The van der Waals surface area contributed by atoms with Crippen LogP contribution in [0.15, 0.2) is 28.8 Å². The molecule has 3 fully saturated rings. The number of rotatable bonds is 3. The number of carbonyl (C=O) groups is 3. The molecule has 5 aliphatic rings. The van der Waals surface area contributed by atoms with Gasteiger partial charge in [-0.2, -0.15) is 0 Å². The van der Waals surface area contributed by atoms with Gasteiger partial charge in [0.15, 0.2) is 0 Å². The first-order valence-corrected chi connectivity index (χ1v) is 10.3. The second-order valence-corrected chi connectivity index (χ2v) is 9.24. The van der Waals surface area contributed by atoms with Crippen molar-refractivity contribution in [2.75, 3.05) is 11.9 Å². The van der Waals surface area contributed by atoms with Gasteiger partial charge in [0.1, 0.15) is 6.54 Å². The fraction of sp³-hybridized carbons (Fsp3) is 0.476. The summed E-state index contributed by atoms with van der Waals surface area (Å²) in [4.78, 5) is 39.7. The minimum absolute atomic E-state index is 0.159. The average molecular weight is 429 g/mol. The van der Waals surface area contributed by atoms with Crippen LogP contribution in [0.2, 0.25) is 0 Å². The Morgan fingerprint density at radius 1 is 1.07 bits per heavy atom. The molecule has 1 heterocycles. The smallest absolute Gasteiger partial charge is 0.244 e. The highest BCUT2D eigenvalue weighted by atomic mass is 79.9. The summed E-state index contributed by atoms with van der Waals surface area (Å²) in [6.07, 6.45) is 5.42. The van der Waals surface area contributed by atoms with E-state index < -0.39 is 0 Å². The minimum Gasteiger partial charge on any atom is -0.324 e. The Balaban J connectivity index is 1.33. The maximum atomic E-state index is 12.9. The lowest BCUT2D eigenvalue weighted by Gasteiger charge is -2.37. The number of hydrogen-bond acceptors (Lipinski definition) is 3. The maximum absolute atomic E-state index is 12.9. The third-order valence-electron chi connectivity index (χ3n) is 6.84. The molecule has 0 radical (unpaired) electrons. The van der Waals surface area contributed by atoms with E-state index >= 15 is 0 Å². The summed E-state index contributed by atoms with van der Waals surface area (Å²) in [6.45, 7) is 3.66. The summed E-state index contributed by atoms with van der Waals surface area (Å²) in [7, 11) is 0. The lowest BCUT2D eigenvalue weighted by Crippen LogP contribution is -2.40. The number of allylic oxidation sites excluding steroid dienone is 2. The fourth-order valence-corrected chi connectivity index (χ4v) is 5.88. The van der Waals surface area contributed by atoms with Gasteiger partial charge in [0.2, 0.25) is 17.7 Å². The summed E-state index contributed by atoms with van der Waals surface area (Å²) >= 11 is 3.48. The number of nitrogens with zero attached hydrogens (tertiary/aromatic N) is 1. The normalized spacial score (nSPS) is 35.3. The molecule has 1 saturated heterocycles. The number of anilines is 1. The van der Waals surface area contributed by atoms with Gasteiger partial charge >= 0.3 is 0 Å². The van der Waals surface area contributed by atoms with Crippen LogP contribution in [0.1, 0.15) is 17.5 Å². The molecule has 3 amide bonds. The molecule has 2 saturated carbocycles. The summed E-state index contributed by atoms with van der Waals surface area (Å²) in [5.74, 6) is 0.367. The molecule has 6 rings (SSSR count). The van der Waals surface area contributed by atoms with Gasteiger partial charge in [-0.25, -0.2) is 0 Å². The van der Waals surface area contributed by atoms with Crippen molar-refractivity contribution in [1.82, 2.24) is 4.90 Å². The van der Waals surface area contributed by atoms with Crippen LogP contribution in [-0.4, -0.2) is 29.2 Å². The molecule has 27 heavy (non-hydrogen) atoms. The number of halogens is 1. The van der Waals surface area contributed by atoms with E-state index in [0.29, 0.717) is 17.5 Å². The predicted molar refractivity (Wildman–Crippen MR) is 104 cm³/mol. The number of likely N-dealkylation sites (tertiary alicyclic amines) is 1. The first-order chi connectivity index (χ1) is 12.9. The lowest BCUT2D eigenvalue weighted by atomic mass is 9.63. The van der Waals surface area contributed by atoms with E-state index in [1.807, 2.05) is 26.0 Å². The highest BCUT2D eigenvalue weighted by molar-refractivity contribution is 9.10. The molecule has 2 bridgehead atoms. The van der Waals surface area contributed by atoms with Crippen LogP contribution in [-0.2, 0) is 14.4 Å². The van der Waals surface area contributed by atoms with Gasteiger partial charge in [0.05, 0.1) is 11.8 Å². The summed E-state index contributed by atoms with van der Waals surface area (Å²) in [5.41, 5.74) is 2.65. The van der Waals surface area contributed by atoms with Crippen molar-refractivity contribution in [2.24, 2.45) is 35.5 Å². The van der Waals surface area contributed by atoms with E-state index in [9.17, 15) is 14.4 Å². The molecular weight excluding hydrogens is 408 g/mol. The zero-order valence-electron chi connectivity index (χ0n) is 15.2. The van der Waals surface area contributed by atoms with E-state index in [1.165, 1.54) is 4.90 Å². The van der Waals surface area contributed by atoms with Gasteiger partial charge in [-0.3, -0.25) is 19.3 Å². The standard InChI is InChI=1S/C21H21BrN2O3/c1-9-6-16(10(2)5-15(9)22)23-17(25)8-24-20(26)18-11-3-4-12(14-7-13(11)14)19(18)21(24)27/h3-6,11-14,18-19H,7-8H2,1-2H3,(H,23,25)/t11-,12-,13-,14-,18-,19+/m1/s1. The number of benzene rings is 1. The molecule has 140 valence electrons. The molecule has 0 spiro atoms. The van der Waals surface area contributed by atoms with Gasteiger partial charge < -0.3 is 5.32 Å². The number of amides is 3. The second kappa shape index (κ2) is 5.77. The highest BCUT2D eigenvalue weighted by Crippen LogP contribution is 2.65. The predicted octanol–water partition coefficient (Wildman–Crippen LogP) is 3.06. The quantitative estimate of drug-likeness (QED) is 0.594. The van der Waals surface area contributed by atoms with Crippen molar-refractivity contribution in [3.8, 4) is 0 Å². The van der Waals surface area contributed by atoms with Crippen LogP contribution in [0.3, 0.4) is 0 Å². The van der Waals surface area contributed by atoms with Crippen LogP contribution < -0.4 is 5.32 Å². The SMILES string of the molecule is Cc1cc(NC(=O)CN2C(=O)[C@@H]3[C@@H]4C=C[C@H]([C@H]5C[C@H]45)[C@@H]3C2=O)c(C)cc1Br. The van der Waals surface area contributed by atoms with E-state index in [2.05, 4.69) is 33.4 Å². The maximum Gasteiger partial charge on any atom is 0.244 e. The van der Waals surface area contributed by atoms with Gasteiger partial charge in [0.25, 0.3) is 0 Å². The molecular formula is C21H21BrN2O3. The van der Waals surface area contributed by atoms with Crippen LogP contribution >= 0.6 is 15.9 Å². The highest BCUT2D eigenvalue weighted by Gasteiger charge is 2.67. The van der Waals surface area contributed by atoms with Gasteiger partial charge in [-0.1, -0.05) is 28.1 Å². The van der Waals surface area contributed by atoms with Crippen molar-refractivity contribution in [1.29, 1.82) is 0 Å². The van der Waals surface area contributed by atoms with Crippen LogP contribution in [0.4, 0.5) is 5.69 Å². The largest absolute Gasteiger partial charge is 0.324 e. The summed E-state index contributed by atoms with van der Waals surface area (Å²) in [6, 6.07) is 3.84. The third kappa shape index (κ3) is 2.45. The van der Waals surface area contributed by atoms with Crippen molar-refractivity contribution in [2.45, 2.75) is 20.3 Å². The Bertz CT molecular complexity index is 888. The van der Waals surface area contributed by atoms with E-state index in [0.717, 1.165) is 22.0 Å². The van der Waals surface area contributed by atoms with Crippen LogP contribution in [0, 0.1) is 49.4 Å². The molecule has 6 heteroatoms. The van der Waals surface area contributed by atoms with E-state index in [4.69, 9.17) is 0 Å². The topological polar surface area (TPSA) is 66.5 Å². The fourth-order valence-electron chi connectivity index (χ4n) is 5.42. The van der Waals surface area contributed by atoms with Gasteiger partial charge in [-0.05, 0) is 67.2 Å². The molecule has 5 nitrogen and oxygen atoms in total. The first-order valence-electron chi connectivity index (χ1n) is 9.47. The molecule has 1 N–H and O–H groups in total. The van der Waals surface area contributed by atoms with Crippen molar-refractivity contribution in [3.05, 3.63) is 39.9 Å².